The van der Waals surface area contributed by atoms with Crippen LogP contribution in [-0.4, -0.2) is 28.9 Å². The van der Waals surface area contributed by atoms with Gasteiger partial charge in [-0.25, -0.2) is 5.32 Å². The second-order valence-corrected chi connectivity index (χ2v) is 3.38. The lowest BCUT2D eigenvalue weighted by molar-refractivity contribution is -0.499. The van der Waals surface area contributed by atoms with E-state index in [1.54, 1.807) is 6.26 Å². The molecule has 1 rings (SSSR count). The van der Waals surface area contributed by atoms with E-state index in [0.29, 0.717) is 6.54 Å². The van der Waals surface area contributed by atoms with Crippen LogP contribution in [0, 0.1) is 22.5 Å². The quantitative estimate of drug-likeness (QED) is 0.203. The van der Waals surface area contributed by atoms with E-state index in [4.69, 9.17) is 6.42 Å². The van der Waals surface area contributed by atoms with Crippen LogP contribution in [0.25, 0.3) is 0 Å². The molecule has 0 spiro atoms. The molecule has 66 valence electrons. The third kappa shape index (κ3) is 1.53. The highest BCUT2D eigenvalue weighted by atomic mass is 32.2. The number of terminal acetylenes is 1. The lowest BCUT2D eigenvalue weighted by Crippen LogP contribution is -2.35. The van der Waals surface area contributed by atoms with Gasteiger partial charge in [0, 0.05) is 4.92 Å². The molecule has 0 radical (unpaired) electrons. The Kier molecular flexibility index (Phi) is 2.57. The predicted octanol–water partition coefficient (Wildman–Crippen LogP) is -0.568. The molecule has 5 nitrogen and oxygen atoms in total. The SMILES string of the molecule is C#CCNC1(SC)NC1[N+](=O)[O-]. The lowest BCUT2D eigenvalue weighted by atomic mass is 10.6. The van der Waals surface area contributed by atoms with Crippen molar-refractivity contribution in [1.82, 2.24) is 10.6 Å². The van der Waals surface area contributed by atoms with Crippen LogP contribution in [0.15, 0.2) is 0 Å². The van der Waals surface area contributed by atoms with Crippen LogP contribution < -0.4 is 10.6 Å². The van der Waals surface area contributed by atoms with Gasteiger partial charge in [-0.15, -0.1) is 18.2 Å². The van der Waals surface area contributed by atoms with Crippen molar-refractivity contribution in [2.24, 2.45) is 0 Å². The fourth-order valence-electron chi connectivity index (χ4n) is 0.935. The Labute approximate surface area is 74.4 Å². The van der Waals surface area contributed by atoms with E-state index in [-0.39, 0.29) is 4.92 Å². The molecule has 0 aromatic rings. The molecule has 2 unspecified atom stereocenters. The van der Waals surface area contributed by atoms with E-state index in [1.165, 1.54) is 11.8 Å². The highest BCUT2D eigenvalue weighted by molar-refractivity contribution is 8.00. The predicted molar refractivity (Wildman–Crippen MR) is 47.0 cm³/mol. The standard InChI is InChI=1S/C6H9N3O2S/c1-3-4-7-6(12-2)5(8-6)9(10)11/h1,5,7-8H,4H2,2H3. The molecule has 1 aliphatic rings. The van der Waals surface area contributed by atoms with Crippen LogP contribution in [0.4, 0.5) is 0 Å². The third-order valence-electron chi connectivity index (χ3n) is 1.64. The van der Waals surface area contributed by atoms with Crippen molar-refractivity contribution in [3.8, 4) is 12.3 Å². The molecule has 12 heavy (non-hydrogen) atoms. The average molecular weight is 187 g/mol. The number of hydrogen-bond donors (Lipinski definition) is 2. The summed E-state index contributed by atoms with van der Waals surface area (Å²) in [5, 5.41) is 15.9. The van der Waals surface area contributed by atoms with Gasteiger partial charge in [0.05, 0.1) is 6.54 Å². The Hall–Kier alpha value is -0.770. The van der Waals surface area contributed by atoms with Crippen LogP contribution in [0.2, 0.25) is 0 Å². The van der Waals surface area contributed by atoms with Crippen LogP contribution in [-0.2, 0) is 0 Å². The molecule has 0 aromatic carbocycles. The van der Waals surface area contributed by atoms with Gasteiger partial charge in [0.2, 0.25) is 4.99 Å². The van der Waals surface area contributed by atoms with Gasteiger partial charge < -0.3 is 0 Å². The van der Waals surface area contributed by atoms with E-state index >= 15 is 0 Å². The van der Waals surface area contributed by atoms with Gasteiger partial charge >= 0.3 is 6.17 Å². The number of thioether (sulfide) groups is 1. The topological polar surface area (TPSA) is 77.1 Å². The smallest absolute Gasteiger partial charge is 0.272 e. The molecule has 0 amide bonds. The highest BCUT2D eigenvalue weighted by Gasteiger charge is 2.63. The maximum atomic E-state index is 10.3. The molecule has 1 heterocycles. The zero-order valence-corrected chi connectivity index (χ0v) is 7.35. The first-order valence-electron chi connectivity index (χ1n) is 3.31. The second-order valence-electron chi connectivity index (χ2n) is 2.33. The molecular formula is C6H9N3O2S. The summed E-state index contributed by atoms with van der Waals surface area (Å²) in [6.45, 7) is 0.332. The van der Waals surface area contributed by atoms with Gasteiger partial charge in [-0.05, 0) is 6.26 Å². The minimum Gasteiger partial charge on any atom is -0.272 e. The zero-order valence-electron chi connectivity index (χ0n) is 6.53. The minimum atomic E-state index is -0.721. The molecule has 2 atom stereocenters. The number of rotatable bonds is 4. The first-order valence-corrected chi connectivity index (χ1v) is 4.53. The Balaban J connectivity index is 2.48. The summed E-state index contributed by atoms with van der Waals surface area (Å²) >= 11 is 1.36. The second kappa shape index (κ2) is 3.31. The summed E-state index contributed by atoms with van der Waals surface area (Å²) in [7, 11) is 0. The van der Waals surface area contributed by atoms with Gasteiger partial charge in [0.25, 0.3) is 0 Å². The zero-order chi connectivity index (χ0) is 9.19. The molecule has 6 heteroatoms. The number of nitrogens with zero attached hydrogens (tertiary/aromatic N) is 1. The lowest BCUT2D eigenvalue weighted by Gasteiger charge is -2.07. The summed E-state index contributed by atoms with van der Waals surface area (Å²) < 4.78 is 0. The summed E-state index contributed by atoms with van der Waals surface area (Å²) in [4.78, 5) is 9.33. The van der Waals surface area contributed by atoms with Crippen LogP contribution in [0.1, 0.15) is 0 Å². The Morgan fingerprint density at radius 1 is 2.00 bits per heavy atom. The molecule has 2 N–H and O–H groups in total. The molecule has 0 saturated carbocycles. The highest BCUT2D eigenvalue weighted by Crippen LogP contribution is 2.33. The van der Waals surface area contributed by atoms with Crippen molar-refractivity contribution in [3.63, 3.8) is 0 Å². The van der Waals surface area contributed by atoms with Crippen molar-refractivity contribution in [2.45, 2.75) is 11.2 Å². The third-order valence-corrected chi connectivity index (χ3v) is 2.77. The van der Waals surface area contributed by atoms with E-state index < -0.39 is 11.2 Å². The Morgan fingerprint density at radius 2 is 2.67 bits per heavy atom. The normalized spacial score (nSPS) is 32.5. The number of nitro groups is 1. The van der Waals surface area contributed by atoms with Gasteiger partial charge in [0.15, 0.2) is 0 Å². The minimum absolute atomic E-state index is 0.332. The van der Waals surface area contributed by atoms with E-state index in [1.807, 2.05) is 0 Å². The molecule has 1 aliphatic heterocycles. The molecule has 1 saturated heterocycles. The van der Waals surface area contributed by atoms with Crippen molar-refractivity contribution < 1.29 is 4.92 Å². The van der Waals surface area contributed by atoms with Crippen LogP contribution >= 0.6 is 11.8 Å². The molecule has 1 fully saturated rings. The summed E-state index contributed by atoms with van der Waals surface area (Å²) in [6.07, 6.45) is 6.09. The Bertz CT molecular complexity index is 239. The largest absolute Gasteiger partial charge is 0.309 e. The first-order chi connectivity index (χ1) is 5.66. The number of nitrogens with one attached hydrogen (secondary N) is 2. The summed E-state index contributed by atoms with van der Waals surface area (Å²) in [5.74, 6) is 2.37. The van der Waals surface area contributed by atoms with Gasteiger partial charge in [-0.2, -0.15) is 0 Å². The average Bonchev–Trinajstić information content (AvgIpc) is 2.77. The number of hydrogen-bond acceptors (Lipinski definition) is 5. The van der Waals surface area contributed by atoms with E-state index in [9.17, 15) is 10.1 Å². The summed E-state index contributed by atoms with van der Waals surface area (Å²) in [5.41, 5.74) is 0. The monoisotopic (exact) mass is 187 g/mol. The molecule has 0 aliphatic carbocycles. The van der Waals surface area contributed by atoms with Crippen LogP contribution in [0.3, 0.4) is 0 Å². The van der Waals surface area contributed by atoms with Gasteiger partial charge in [-0.1, -0.05) is 5.92 Å². The Morgan fingerprint density at radius 3 is 3.00 bits per heavy atom. The molecule has 0 aromatic heterocycles. The molecular weight excluding hydrogens is 178 g/mol. The van der Waals surface area contributed by atoms with Crippen molar-refractivity contribution in [1.29, 1.82) is 0 Å². The maximum absolute atomic E-state index is 10.3. The maximum Gasteiger partial charge on any atom is 0.309 e. The van der Waals surface area contributed by atoms with Gasteiger partial charge in [0.1, 0.15) is 0 Å². The molecule has 0 bridgehead atoms. The summed E-state index contributed by atoms with van der Waals surface area (Å²) in [6, 6.07) is 0. The fraction of sp³-hybridized carbons (Fsp3) is 0.667. The van der Waals surface area contributed by atoms with E-state index in [0.717, 1.165) is 0 Å². The van der Waals surface area contributed by atoms with Crippen molar-refractivity contribution in [3.05, 3.63) is 10.1 Å². The van der Waals surface area contributed by atoms with Gasteiger partial charge in [-0.3, -0.25) is 15.4 Å². The first kappa shape index (κ1) is 9.32. The fourth-order valence-corrected chi connectivity index (χ4v) is 1.69. The van der Waals surface area contributed by atoms with Crippen LogP contribution in [0.5, 0.6) is 0 Å². The van der Waals surface area contributed by atoms with Crippen molar-refractivity contribution in [2.75, 3.05) is 12.8 Å². The van der Waals surface area contributed by atoms with E-state index in [2.05, 4.69) is 16.6 Å². The van der Waals surface area contributed by atoms with Crippen molar-refractivity contribution >= 4 is 11.8 Å².